The average Bonchev–Trinajstić information content (AvgIpc) is 2.56. The zero-order chi connectivity index (χ0) is 18.1. The van der Waals surface area contributed by atoms with Gasteiger partial charge in [-0.05, 0) is 43.7 Å². The SMILES string of the molecule is I.NC(=NCCCCN1CCOCC1)Nc1ccc(OC(F)(F)F)cc1. The van der Waals surface area contributed by atoms with Crippen LogP contribution < -0.4 is 15.8 Å². The van der Waals surface area contributed by atoms with Crippen LogP contribution in [0.2, 0.25) is 0 Å². The number of benzene rings is 1. The lowest BCUT2D eigenvalue weighted by Crippen LogP contribution is -2.36. The van der Waals surface area contributed by atoms with Crippen LogP contribution in [-0.4, -0.2) is 56.6 Å². The van der Waals surface area contributed by atoms with E-state index < -0.39 is 6.36 Å². The predicted octanol–water partition coefficient (Wildman–Crippen LogP) is 3.04. The number of unbranched alkanes of at least 4 members (excludes halogenated alkanes) is 1. The largest absolute Gasteiger partial charge is 0.573 e. The summed E-state index contributed by atoms with van der Waals surface area (Å²) in [5.41, 5.74) is 6.32. The molecule has 1 aromatic rings. The normalized spacial score (nSPS) is 16.0. The van der Waals surface area contributed by atoms with E-state index in [-0.39, 0.29) is 35.7 Å². The number of nitrogens with two attached hydrogens (primary N) is 1. The second-order valence-corrected chi connectivity index (χ2v) is 5.63. The number of nitrogens with one attached hydrogen (secondary N) is 1. The molecule has 0 unspecified atom stereocenters. The van der Waals surface area contributed by atoms with Gasteiger partial charge in [-0.3, -0.25) is 9.89 Å². The van der Waals surface area contributed by atoms with Crippen LogP contribution in [0.1, 0.15) is 12.8 Å². The van der Waals surface area contributed by atoms with Crippen LogP contribution in [-0.2, 0) is 4.74 Å². The summed E-state index contributed by atoms with van der Waals surface area (Å²) in [7, 11) is 0. The van der Waals surface area contributed by atoms with Gasteiger partial charge in [0.1, 0.15) is 5.75 Å². The molecule has 0 radical (unpaired) electrons. The maximum atomic E-state index is 12.1. The van der Waals surface area contributed by atoms with E-state index in [1.54, 1.807) is 0 Å². The molecule has 1 heterocycles. The van der Waals surface area contributed by atoms with Crippen LogP contribution >= 0.6 is 24.0 Å². The number of aliphatic imine (C=N–C) groups is 1. The van der Waals surface area contributed by atoms with Crippen molar-refractivity contribution in [1.29, 1.82) is 0 Å². The first-order chi connectivity index (χ1) is 11.9. The average molecular weight is 488 g/mol. The summed E-state index contributed by atoms with van der Waals surface area (Å²) in [5, 5.41) is 2.84. The highest BCUT2D eigenvalue weighted by atomic mass is 127. The summed E-state index contributed by atoms with van der Waals surface area (Å²) < 4.78 is 45.4. The van der Waals surface area contributed by atoms with Crippen LogP contribution in [0, 0.1) is 0 Å². The first kappa shape index (κ1) is 22.8. The lowest BCUT2D eigenvalue weighted by molar-refractivity contribution is -0.274. The lowest BCUT2D eigenvalue weighted by atomic mass is 10.3. The number of alkyl halides is 3. The molecule has 1 aliphatic rings. The monoisotopic (exact) mass is 488 g/mol. The summed E-state index contributed by atoms with van der Waals surface area (Å²) in [5.74, 6) is -0.0486. The molecule has 0 bridgehead atoms. The Bertz CT molecular complexity index is 549. The zero-order valence-corrected chi connectivity index (χ0v) is 16.6. The molecule has 0 amide bonds. The number of ether oxygens (including phenoxy) is 2. The van der Waals surface area contributed by atoms with Gasteiger partial charge in [0.15, 0.2) is 5.96 Å². The first-order valence-corrected chi connectivity index (χ1v) is 8.15. The summed E-state index contributed by atoms with van der Waals surface area (Å²) in [6.45, 7) is 5.15. The van der Waals surface area contributed by atoms with Crippen molar-refractivity contribution < 1.29 is 22.6 Å². The molecule has 1 saturated heterocycles. The van der Waals surface area contributed by atoms with Gasteiger partial charge in [0.2, 0.25) is 0 Å². The van der Waals surface area contributed by atoms with E-state index in [4.69, 9.17) is 10.5 Å². The Kier molecular flexibility index (Phi) is 10.0. The fraction of sp³-hybridized carbons (Fsp3) is 0.562. The van der Waals surface area contributed by atoms with E-state index in [1.807, 2.05) is 0 Å². The summed E-state index contributed by atoms with van der Waals surface area (Å²) in [4.78, 5) is 6.57. The van der Waals surface area contributed by atoms with E-state index in [9.17, 15) is 13.2 Å². The third kappa shape index (κ3) is 9.43. The van der Waals surface area contributed by atoms with Crippen molar-refractivity contribution in [3.8, 4) is 5.75 Å². The zero-order valence-electron chi connectivity index (χ0n) is 14.3. The van der Waals surface area contributed by atoms with E-state index in [0.717, 1.165) is 45.7 Å². The van der Waals surface area contributed by atoms with Crippen LogP contribution in [0.25, 0.3) is 0 Å². The van der Waals surface area contributed by atoms with Gasteiger partial charge in [0, 0.05) is 25.3 Å². The van der Waals surface area contributed by atoms with E-state index in [1.165, 1.54) is 24.3 Å². The van der Waals surface area contributed by atoms with Crippen molar-refractivity contribution in [2.24, 2.45) is 10.7 Å². The van der Waals surface area contributed by atoms with Crippen molar-refractivity contribution in [2.45, 2.75) is 19.2 Å². The second-order valence-electron chi connectivity index (χ2n) is 5.63. The highest BCUT2D eigenvalue weighted by molar-refractivity contribution is 14.0. The van der Waals surface area contributed by atoms with Crippen LogP contribution in [0.15, 0.2) is 29.3 Å². The van der Waals surface area contributed by atoms with Gasteiger partial charge in [-0.1, -0.05) is 0 Å². The van der Waals surface area contributed by atoms with E-state index in [2.05, 4.69) is 19.9 Å². The summed E-state index contributed by atoms with van der Waals surface area (Å²) in [6, 6.07) is 5.32. The number of hydrogen-bond donors (Lipinski definition) is 2. The molecule has 0 spiro atoms. The van der Waals surface area contributed by atoms with Crippen molar-refractivity contribution in [3.05, 3.63) is 24.3 Å². The number of anilines is 1. The molecule has 0 aliphatic carbocycles. The number of halogens is 4. The Morgan fingerprint density at radius 2 is 1.85 bits per heavy atom. The quantitative estimate of drug-likeness (QED) is 0.267. The first-order valence-electron chi connectivity index (χ1n) is 8.15. The number of nitrogens with zero attached hydrogens (tertiary/aromatic N) is 2. The van der Waals surface area contributed by atoms with Crippen molar-refractivity contribution in [3.63, 3.8) is 0 Å². The summed E-state index contributed by atoms with van der Waals surface area (Å²) >= 11 is 0. The van der Waals surface area contributed by atoms with Gasteiger partial charge in [0.05, 0.1) is 13.2 Å². The van der Waals surface area contributed by atoms with E-state index >= 15 is 0 Å². The highest BCUT2D eigenvalue weighted by Gasteiger charge is 2.30. The molecule has 1 aliphatic heterocycles. The van der Waals surface area contributed by atoms with Gasteiger partial charge in [-0.25, -0.2) is 0 Å². The number of hydrogen-bond acceptors (Lipinski definition) is 4. The Hall–Kier alpha value is -1.27. The smallest absolute Gasteiger partial charge is 0.406 e. The molecule has 2 rings (SSSR count). The second kappa shape index (κ2) is 11.4. The molecule has 1 fully saturated rings. The molecule has 0 saturated carbocycles. The van der Waals surface area contributed by atoms with Gasteiger partial charge < -0.3 is 20.5 Å². The minimum Gasteiger partial charge on any atom is -0.406 e. The molecule has 0 atom stereocenters. The molecule has 10 heteroatoms. The lowest BCUT2D eigenvalue weighted by Gasteiger charge is -2.26. The Balaban J connectivity index is 0.00000338. The molecule has 26 heavy (non-hydrogen) atoms. The van der Waals surface area contributed by atoms with Gasteiger partial charge in [-0.2, -0.15) is 0 Å². The Labute approximate surface area is 167 Å². The molecule has 0 aromatic heterocycles. The number of rotatable bonds is 7. The third-order valence-corrected chi connectivity index (χ3v) is 3.63. The van der Waals surface area contributed by atoms with Crippen LogP contribution in [0.3, 0.4) is 0 Å². The van der Waals surface area contributed by atoms with Crippen molar-refractivity contribution in [2.75, 3.05) is 44.7 Å². The Morgan fingerprint density at radius 3 is 2.46 bits per heavy atom. The van der Waals surface area contributed by atoms with Gasteiger partial charge >= 0.3 is 6.36 Å². The maximum Gasteiger partial charge on any atom is 0.573 e. The molecular formula is C16H24F3IN4O2. The number of guanidine groups is 1. The Morgan fingerprint density at radius 1 is 1.19 bits per heavy atom. The molecule has 148 valence electrons. The van der Waals surface area contributed by atoms with E-state index in [0.29, 0.717) is 12.2 Å². The fourth-order valence-corrected chi connectivity index (χ4v) is 2.40. The standard InChI is InChI=1S/C16H23F3N4O2.HI/c17-16(18,19)25-14-5-3-13(4-6-14)22-15(20)21-7-1-2-8-23-9-11-24-12-10-23;/h3-6H,1-2,7-12H2,(H3,20,21,22);1H. The fourth-order valence-electron chi connectivity index (χ4n) is 2.40. The van der Waals surface area contributed by atoms with Crippen LogP contribution in [0.5, 0.6) is 5.75 Å². The van der Waals surface area contributed by atoms with Gasteiger partial charge in [0.25, 0.3) is 0 Å². The molecule has 1 aromatic carbocycles. The summed E-state index contributed by atoms with van der Waals surface area (Å²) in [6.07, 6.45) is -2.75. The van der Waals surface area contributed by atoms with Gasteiger partial charge in [-0.15, -0.1) is 37.1 Å². The van der Waals surface area contributed by atoms with Crippen molar-refractivity contribution in [1.82, 2.24) is 4.90 Å². The maximum absolute atomic E-state index is 12.1. The minimum absolute atomic E-state index is 0. The molecular weight excluding hydrogens is 464 g/mol. The van der Waals surface area contributed by atoms with Crippen LogP contribution in [0.4, 0.5) is 18.9 Å². The molecule has 6 nitrogen and oxygen atoms in total. The molecule has 3 N–H and O–H groups in total. The van der Waals surface area contributed by atoms with Crippen molar-refractivity contribution >= 4 is 35.6 Å². The highest BCUT2D eigenvalue weighted by Crippen LogP contribution is 2.23. The number of morpholine rings is 1. The third-order valence-electron chi connectivity index (χ3n) is 3.63. The minimum atomic E-state index is -4.70. The predicted molar refractivity (Wildman–Crippen MR) is 105 cm³/mol. The topological polar surface area (TPSA) is 72.1 Å².